The zero-order valence-electron chi connectivity index (χ0n) is 7.33. The van der Waals surface area contributed by atoms with E-state index in [0.717, 1.165) is 0 Å². The molecule has 1 aliphatic rings. The Labute approximate surface area is 70.5 Å². The highest BCUT2D eigenvalue weighted by Crippen LogP contribution is 2.26. The highest BCUT2D eigenvalue weighted by atomic mass is 16.6. The molecule has 4 heteroatoms. The Morgan fingerprint density at radius 1 is 1.42 bits per heavy atom. The molecule has 0 aromatic heterocycles. The molecule has 1 fully saturated rings. The second kappa shape index (κ2) is 2.55. The largest absolute Gasteiger partial charge is 0.453 e. The molecule has 0 aromatic rings. The van der Waals surface area contributed by atoms with Crippen molar-refractivity contribution in [1.29, 1.82) is 0 Å². The molecule has 1 heterocycles. The van der Waals surface area contributed by atoms with Gasteiger partial charge in [-0.05, 0) is 13.8 Å². The fourth-order valence-corrected chi connectivity index (χ4v) is 1.14. The lowest BCUT2D eigenvalue weighted by molar-refractivity contribution is -0.189. The van der Waals surface area contributed by atoms with Crippen LogP contribution in [0, 0.1) is 5.92 Å². The van der Waals surface area contributed by atoms with E-state index in [1.54, 1.807) is 0 Å². The Morgan fingerprint density at radius 2 is 1.92 bits per heavy atom. The van der Waals surface area contributed by atoms with Gasteiger partial charge in [-0.2, -0.15) is 0 Å². The summed E-state index contributed by atoms with van der Waals surface area (Å²) in [4.78, 5) is 22.3. The van der Waals surface area contributed by atoms with E-state index >= 15 is 0 Å². The molecule has 1 N–H and O–H groups in total. The van der Waals surface area contributed by atoms with E-state index in [0.29, 0.717) is 0 Å². The van der Waals surface area contributed by atoms with Crippen LogP contribution in [0.25, 0.3) is 0 Å². The molecule has 0 saturated carbocycles. The lowest BCUT2D eigenvalue weighted by Crippen LogP contribution is -2.55. The maximum absolute atomic E-state index is 11.2. The molecule has 0 aromatic carbocycles. The maximum Gasteiger partial charge on any atom is 0.339 e. The van der Waals surface area contributed by atoms with Gasteiger partial charge in [-0.25, -0.2) is 4.79 Å². The van der Waals surface area contributed by atoms with Gasteiger partial charge in [-0.15, -0.1) is 0 Å². The maximum atomic E-state index is 11.2. The summed E-state index contributed by atoms with van der Waals surface area (Å²) in [6.45, 7) is 4.33. The van der Waals surface area contributed by atoms with Gasteiger partial charge in [0.15, 0.2) is 17.5 Å². The third kappa shape index (κ3) is 1.12. The van der Waals surface area contributed by atoms with Crippen molar-refractivity contribution in [2.24, 2.45) is 5.92 Å². The summed E-state index contributed by atoms with van der Waals surface area (Å²) in [6.07, 6.45) is -0.729. The van der Waals surface area contributed by atoms with Crippen molar-refractivity contribution in [1.82, 2.24) is 0 Å². The SMILES string of the molecule is C[C@@H]1OC(=O)[C@@](C)(O)[C@H](C)C1=O. The van der Waals surface area contributed by atoms with Crippen LogP contribution >= 0.6 is 0 Å². The van der Waals surface area contributed by atoms with Crippen molar-refractivity contribution in [3.8, 4) is 0 Å². The van der Waals surface area contributed by atoms with Crippen LogP contribution in [0.5, 0.6) is 0 Å². The predicted octanol–water partition coefficient (Wildman–Crippen LogP) is -0.112. The third-order valence-electron chi connectivity index (χ3n) is 2.37. The van der Waals surface area contributed by atoms with Crippen LogP contribution in [0.3, 0.4) is 0 Å². The number of aliphatic hydroxyl groups is 1. The lowest BCUT2D eigenvalue weighted by atomic mass is 9.83. The molecule has 4 nitrogen and oxygen atoms in total. The molecule has 0 unspecified atom stereocenters. The number of ketones is 1. The first-order valence-electron chi connectivity index (χ1n) is 3.84. The van der Waals surface area contributed by atoms with E-state index in [2.05, 4.69) is 4.74 Å². The number of hydrogen-bond acceptors (Lipinski definition) is 4. The molecule has 0 aliphatic carbocycles. The van der Waals surface area contributed by atoms with Crippen LogP contribution < -0.4 is 0 Å². The van der Waals surface area contributed by atoms with E-state index in [9.17, 15) is 14.7 Å². The number of cyclic esters (lactones) is 1. The van der Waals surface area contributed by atoms with E-state index in [1.807, 2.05) is 0 Å². The quantitative estimate of drug-likeness (QED) is 0.518. The summed E-state index contributed by atoms with van der Waals surface area (Å²) in [6, 6.07) is 0. The molecule has 68 valence electrons. The van der Waals surface area contributed by atoms with Gasteiger partial charge >= 0.3 is 5.97 Å². The van der Waals surface area contributed by atoms with Gasteiger partial charge in [0.25, 0.3) is 0 Å². The number of esters is 1. The van der Waals surface area contributed by atoms with Crippen molar-refractivity contribution in [3.05, 3.63) is 0 Å². The summed E-state index contributed by atoms with van der Waals surface area (Å²) in [5.74, 6) is -1.64. The first-order chi connectivity index (χ1) is 5.37. The Morgan fingerprint density at radius 3 is 2.42 bits per heavy atom. The van der Waals surface area contributed by atoms with E-state index in [1.165, 1.54) is 20.8 Å². The number of Topliss-reactive ketones (excluding diaryl/α,β-unsaturated/α-hetero) is 1. The monoisotopic (exact) mass is 172 g/mol. The minimum Gasteiger partial charge on any atom is -0.453 e. The number of carbonyl (C=O) groups excluding carboxylic acids is 2. The number of rotatable bonds is 0. The van der Waals surface area contributed by atoms with Crippen LogP contribution in [0.15, 0.2) is 0 Å². The van der Waals surface area contributed by atoms with Gasteiger partial charge in [-0.3, -0.25) is 4.79 Å². The molecule has 1 rings (SSSR count). The normalized spacial score (nSPS) is 42.7. The lowest BCUT2D eigenvalue weighted by Gasteiger charge is -2.34. The molecule has 12 heavy (non-hydrogen) atoms. The van der Waals surface area contributed by atoms with Gasteiger partial charge in [0.05, 0.1) is 5.92 Å². The third-order valence-corrected chi connectivity index (χ3v) is 2.37. The number of carbonyl (C=O) groups is 2. The van der Waals surface area contributed by atoms with E-state index in [-0.39, 0.29) is 5.78 Å². The van der Waals surface area contributed by atoms with Crippen LogP contribution in [0.1, 0.15) is 20.8 Å². The summed E-state index contributed by atoms with van der Waals surface area (Å²) in [5, 5.41) is 9.50. The second-order valence-corrected chi connectivity index (χ2v) is 3.32. The van der Waals surface area contributed by atoms with E-state index < -0.39 is 23.6 Å². The van der Waals surface area contributed by atoms with Gasteiger partial charge in [0, 0.05) is 0 Å². The first kappa shape index (κ1) is 9.19. The highest BCUT2D eigenvalue weighted by Gasteiger charge is 2.48. The summed E-state index contributed by atoms with van der Waals surface area (Å²) in [5.41, 5.74) is -1.66. The molecule has 3 atom stereocenters. The molecular weight excluding hydrogens is 160 g/mol. The standard InChI is InChI=1S/C8H12O4/c1-4-6(9)5(2)12-7(10)8(4,3)11/h4-5,11H,1-3H3/t4-,5+,8+/m1/s1. The van der Waals surface area contributed by atoms with Crippen molar-refractivity contribution in [2.45, 2.75) is 32.5 Å². The molecule has 0 radical (unpaired) electrons. The van der Waals surface area contributed by atoms with Gasteiger partial charge in [0.2, 0.25) is 0 Å². The van der Waals surface area contributed by atoms with Crippen LogP contribution in [0.4, 0.5) is 0 Å². The van der Waals surface area contributed by atoms with Crippen molar-refractivity contribution in [3.63, 3.8) is 0 Å². The fourth-order valence-electron chi connectivity index (χ4n) is 1.14. The summed E-state index contributed by atoms with van der Waals surface area (Å²) < 4.78 is 4.65. The average Bonchev–Trinajstić information content (AvgIpc) is 1.99. The molecule has 0 amide bonds. The van der Waals surface area contributed by atoms with Gasteiger partial charge in [-0.1, -0.05) is 6.92 Å². The van der Waals surface area contributed by atoms with Crippen molar-refractivity contribution < 1.29 is 19.4 Å². The Hall–Kier alpha value is -0.900. The molecule has 0 spiro atoms. The van der Waals surface area contributed by atoms with Gasteiger partial charge < -0.3 is 9.84 Å². The number of hydrogen-bond donors (Lipinski definition) is 1. The van der Waals surface area contributed by atoms with Crippen LogP contribution in [-0.2, 0) is 14.3 Å². The van der Waals surface area contributed by atoms with Crippen LogP contribution in [-0.4, -0.2) is 28.6 Å². The number of ether oxygens (including phenoxy) is 1. The smallest absolute Gasteiger partial charge is 0.339 e. The molecular formula is C8H12O4. The minimum absolute atomic E-state index is 0.236. The van der Waals surface area contributed by atoms with Gasteiger partial charge in [0.1, 0.15) is 0 Å². The Kier molecular flexibility index (Phi) is 1.96. The highest BCUT2D eigenvalue weighted by molar-refractivity contribution is 5.97. The fraction of sp³-hybridized carbons (Fsp3) is 0.750. The summed E-state index contributed by atoms with van der Waals surface area (Å²) in [7, 11) is 0. The topological polar surface area (TPSA) is 63.6 Å². The van der Waals surface area contributed by atoms with Crippen LogP contribution in [0.2, 0.25) is 0 Å². The Balaban J connectivity index is 2.95. The van der Waals surface area contributed by atoms with Crippen molar-refractivity contribution >= 4 is 11.8 Å². The van der Waals surface area contributed by atoms with E-state index in [4.69, 9.17) is 0 Å². The Bertz CT molecular complexity index is 229. The van der Waals surface area contributed by atoms with Crippen molar-refractivity contribution in [2.75, 3.05) is 0 Å². The second-order valence-electron chi connectivity index (χ2n) is 3.32. The zero-order chi connectivity index (χ0) is 9.52. The molecule has 0 bridgehead atoms. The first-order valence-corrected chi connectivity index (χ1v) is 3.84. The zero-order valence-corrected chi connectivity index (χ0v) is 7.33. The molecule has 1 saturated heterocycles. The summed E-state index contributed by atoms with van der Waals surface area (Å²) >= 11 is 0. The minimum atomic E-state index is -1.66. The predicted molar refractivity (Wildman–Crippen MR) is 40.3 cm³/mol. The average molecular weight is 172 g/mol. The molecule has 1 aliphatic heterocycles.